The quantitative estimate of drug-likeness (QED) is 0.763. The van der Waals surface area contributed by atoms with E-state index in [1.165, 1.54) is 6.07 Å². The van der Waals surface area contributed by atoms with E-state index in [-0.39, 0.29) is 16.9 Å². The molecule has 0 heterocycles. The number of nitrogens with two attached hydrogens (primary N) is 2. The van der Waals surface area contributed by atoms with Crippen LogP contribution in [0.25, 0.3) is 11.1 Å². The standard InChI is InChI=1S/C13H11F3N2/c14-13(15,16)10-6-9(17)7-11(18)12(10)8-4-2-1-3-5-8/h1-7H,17-18H2. The number of halogens is 3. The van der Waals surface area contributed by atoms with Crippen molar-refractivity contribution in [1.82, 2.24) is 0 Å². The Morgan fingerprint density at radius 3 is 2.06 bits per heavy atom. The third-order valence-electron chi connectivity index (χ3n) is 2.56. The van der Waals surface area contributed by atoms with Gasteiger partial charge >= 0.3 is 6.18 Å². The number of rotatable bonds is 1. The van der Waals surface area contributed by atoms with E-state index in [1.807, 2.05) is 0 Å². The van der Waals surface area contributed by atoms with E-state index in [4.69, 9.17) is 11.5 Å². The average Bonchev–Trinajstić information content (AvgIpc) is 2.28. The van der Waals surface area contributed by atoms with Gasteiger partial charge in [-0.15, -0.1) is 0 Å². The van der Waals surface area contributed by atoms with Gasteiger partial charge in [0.1, 0.15) is 0 Å². The first-order chi connectivity index (χ1) is 8.39. The third-order valence-corrected chi connectivity index (χ3v) is 2.56. The Labute approximate surface area is 102 Å². The number of hydrogen-bond acceptors (Lipinski definition) is 2. The first kappa shape index (κ1) is 12.3. The summed E-state index contributed by atoms with van der Waals surface area (Å²) in [6.45, 7) is 0. The number of hydrogen-bond donors (Lipinski definition) is 2. The lowest BCUT2D eigenvalue weighted by Gasteiger charge is -2.16. The van der Waals surface area contributed by atoms with Crippen LogP contribution in [0.1, 0.15) is 5.56 Å². The molecule has 0 unspecified atom stereocenters. The maximum atomic E-state index is 13.0. The van der Waals surface area contributed by atoms with Crippen LogP contribution in [-0.2, 0) is 6.18 Å². The van der Waals surface area contributed by atoms with Crippen molar-refractivity contribution in [1.29, 1.82) is 0 Å². The maximum absolute atomic E-state index is 13.0. The highest BCUT2D eigenvalue weighted by molar-refractivity contribution is 5.82. The summed E-state index contributed by atoms with van der Waals surface area (Å²) in [5, 5.41) is 0. The zero-order valence-electron chi connectivity index (χ0n) is 9.33. The molecule has 0 aliphatic carbocycles. The van der Waals surface area contributed by atoms with Gasteiger partial charge in [-0.2, -0.15) is 13.2 Å². The number of benzene rings is 2. The lowest BCUT2D eigenvalue weighted by molar-refractivity contribution is -0.137. The summed E-state index contributed by atoms with van der Waals surface area (Å²) in [6, 6.07) is 10.4. The van der Waals surface area contributed by atoms with Gasteiger partial charge in [-0.1, -0.05) is 30.3 Å². The number of alkyl halides is 3. The summed E-state index contributed by atoms with van der Waals surface area (Å²) in [4.78, 5) is 0. The van der Waals surface area contributed by atoms with Crippen molar-refractivity contribution in [3.8, 4) is 11.1 Å². The molecular formula is C13H11F3N2. The molecule has 0 radical (unpaired) electrons. The zero-order valence-corrected chi connectivity index (χ0v) is 9.33. The van der Waals surface area contributed by atoms with E-state index in [2.05, 4.69) is 0 Å². The lowest BCUT2D eigenvalue weighted by Crippen LogP contribution is -2.10. The van der Waals surface area contributed by atoms with Crippen LogP contribution in [0.3, 0.4) is 0 Å². The predicted octanol–water partition coefficient (Wildman–Crippen LogP) is 3.54. The van der Waals surface area contributed by atoms with Gasteiger partial charge in [-0.05, 0) is 17.7 Å². The van der Waals surface area contributed by atoms with E-state index in [1.54, 1.807) is 30.3 Å². The minimum atomic E-state index is -4.49. The summed E-state index contributed by atoms with van der Waals surface area (Å²) in [7, 11) is 0. The Kier molecular flexibility index (Phi) is 2.90. The van der Waals surface area contributed by atoms with Crippen molar-refractivity contribution in [2.75, 3.05) is 11.5 Å². The Hall–Kier alpha value is -2.17. The van der Waals surface area contributed by atoms with Crippen molar-refractivity contribution in [2.45, 2.75) is 6.18 Å². The summed E-state index contributed by atoms with van der Waals surface area (Å²) < 4.78 is 38.9. The highest BCUT2D eigenvalue weighted by Gasteiger charge is 2.34. The third kappa shape index (κ3) is 2.25. The van der Waals surface area contributed by atoms with Gasteiger partial charge in [-0.3, -0.25) is 0 Å². The van der Waals surface area contributed by atoms with E-state index in [9.17, 15) is 13.2 Å². The van der Waals surface area contributed by atoms with Crippen molar-refractivity contribution < 1.29 is 13.2 Å². The van der Waals surface area contributed by atoms with Crippen LogP contribution in [0.4, 0.5) is 24.5 Å². The first-order valence-corrected chi connectivity index (χ1v) is 5.21. The fourth-order valence-electron chi connectivity index (χ4n) is 1.84. The van der Waals surface area contributed by atoms with Crippen molar-refractivity contribution in [3.63, 3.8) is 0 Å². The zero-order chi connectivity index (χ0) is 13.3. The fraction of sp³-hybridized carbons (Fsp3) is 0.0769. The minimum absolute atomic E-state index is 0.000457. The molecule has 94 valence electrons. The molecule has 0 atom stereocenters. The molecule has 0 bridgehead atoms. The topological polar surface area (TPSA) is 52.0 Å². The molecule has 4 N–H and O–H groups in total. The van der Waals surface area contributed by atoms with Crippen LogP contribution in [0.5, 0.6) is 0 Å². The minimum Gasteiger partial charge on any atom is -0.399 e. The Morgan fingerprint density at radius 1 is 0.889 bits per heavy atom. The molecule has 0 saturated heterocycles. The largest absolute Gasteiger partial charge is 0.417 e. The van der Waals surface area contributed by atoms with Crippen LogP contribution in [0, 0.1) is 0 Å². The summed E-state index contributed by atoms with van der Waals surface area (Å²) in [6.07, 6.45) is -4.49. The molecule has 0 aliphatic rings. The van der Waals surface area contributed by atoms with Gasteiger partial charge in [0.15, 0.2) is 0 Å². The highest BCUT2D eigenvalue weighted by Crippen LogP contribution is 2.41. The predicted molar refractivity (Wildman–Crippen MR) is 65.7 cm³/mol. The van der Waals surface area contributed by atoms with Gasteiger partial charge < -0.3 is 11.5 Å². The highest BCUT2D eigenvalue weighted by atomic mass is 19.4. The Balaban J connectivity index is 2.74. The molecular weight excluding hydrogens is 241 g/mol. The van der Waals surface area contributed by atoms with E-state index < -0.39 is 11.7 Å². The molecule has 0 spiro atoms. The van der Waals surface area contributed by atoms with Gasteiger partial charge in [0.2, 0.25) is 0 Å². The molecule has 2 rings (SSSR count). The van der Waals surface area contributed by atoms with Gasteiger partial charge in [0, 0.05) is 16.9 Å². The van der Waals surface area contributed by atoms with Crippen molar-refractivity contribution in [2.24, 2.45) is 0 Å². The normalized spacial score (nSPS) is 11.5. The van der Waals surface area contributed by atoms with Crippen molar-refractivity contribution >= 4 is 11.4 Å². The number of nitrogen functional groups attached to an aromatic ring is 2. The molecule has 2 aromatic rings. The molecule has 0 amide bonds. The average molecular weight is 252 g/mol. The molecule has 0 aromatic heterocycles. The second kappa shape index (κ2) is 4.25. The van der Waals surface area contributed by atoms with Gasteiger partial charge in [0.25, 0.3) is 0 Å². The second-order valence-corrected chi connectivity index (χ2v) is 3.90. The monoisotopic (exact) mass is 252 g/mol. The molecule has 0 fully saturated rings. The van der Waals surface area contributed by atoms with Crippen molar-refractivity contribution in [3.05, 3.63) is 48.0 Å². The molecule has 0 aliphatic heterocycles. The summed E-state index contributed by atoms with van der Waals surface area (Å²) in [5.41, 5.74) is 10.7. The molecule has 2 nitrogen and oxygen atoms in total. The summed E-state index contributed by atoms with van der Waals surface area (Å²) >= 11 is 0. The maximum Gasteiger partial charge on any atom is 0.417 e. The van der Waals surface area contributed by atoms with Crippen LogP contribution < -0.4 is 11.5 Å². The van der Waals surface area contributed by atoms with Crippen LogP contribution in [0.2, 0.25) is 0 Å². The molecule has 5 heteroatoms. The second-order valence-electron chi connectivity index (χ2n) is 3.90. The fourth-order valence-corrected chi connectivity index (χ4v) is 1.84. The molecule has 0 saturated carbocycles. The smallest absolute Gasteiger partial charge is 0.399 e. The number of anilines is 2. The van der Waals surface area contributed by atoms with Gasteiger partial charge in [-0.25, -0.2) is 0 Å². The van der Waals surface area contributed by atoms with Crippen LogP contribution >= 0.6 is 0 Å². The van der Waals surface area contributed by atoms with E-state index in [0.29, 0.717) is 5.56 Å². The summed E-state index contributed by atoms with van der Waals surface area (Å²) in [5.74, 6) is 0. The Morgan fingerprint density at radius 2 is 1.50 bits per heavy atom. The van der Waals surface area contributed by atoms with E-state index in [0.717, 1.165) is 6.07 Å². The molecule has 2 aromatic carbocycles. The van der Waals surface area contributed by atoms with E-state index >= 15 is 0 Å². The first-order valence-electron chi connectivity index (χ1n) is 5.21. The Bertz CT molecular complexity index is 562. The van der Waals surface area contributed by atoms with Gasteiger partial charge in [0.05, 0.1) is 5.56 Å². The SMILES string of the molecule is Nc1cc(N)c(-c2ccccc2)c(C(F)(F)F)c1. The molecule has 18 heavy (non-hydrogen) atoms. The lowest BCUT2D eigenvalue weighted by atomic mass is 9.97. The van der Waals surface area contributed by atoms with Crippen LogP contribution in [-0.4, -0.2) is 0 Å². The van der Waals surface area contributed by atoms with Crippen LogP contribution in [0.15, 0.2) is 42.5 Å².